The molecule has 0 aliphatic rings. The highest BCUT2D eigenvalue weighted by molar-refractivity contribution is 7.26. The summed E-state index contributed by atoms with van der Waals surface area (Å²) < 4.78 is 7.42. The van der Waals surface area contributed by atoms with E-state index in [1.165, 1.54) is 79.9 Å². The van der Waals surface area contributed by atoms with Crippen molar-refractivity contribution < 1.29 is 0 Å². The van der Waals surface area contributed by atoms with Gasteiger partial charge in [-0.1, -0.05) is 164 Å². The molecule has 65 heavy (non-hydrogen) atoms. The number of rotatable bonds is 5. The van der Waals surface area contributed by atoms with Crippen molar-refractivity contribution >= 4 is 96.7 Å². The smallest absolute Gasteiger partial charge is 0.164 e. The van der Waals surface area contributed by atoms with Crippen LogP contribution in [0.4, 0.5) is 0 Å². The predicted octanol–water partition coefficient (Wildman–Crippen LogP) is 15.7. The number of benzene rings is 10. The van der Waals surface area contributed by atoms with Crippen molar-refractivity contribution in [2.75, 3.05) is 0 Å². The van der Waals surface area contributed by atoms with Gasteiger partial charge >= 0.3 is 0 Å². The van der Waals surface area contributed by atoms with E-state index in [1.54, 1.807) is 0 Å². The second-order valence-electron chi connectivity index (χ2n) is 16.7. The first kappa shape index (κ1) is 36.1. The fourth-order valence-corrected chi connectivity index (χ4v) is 11.5. The van der Waals surface area contributed by atoms with Crippen LogP contribution in [0.3, 0.4) is 0 Å². The Morgan fingerprint density at radius 1 is 0.308 bits per heavy atom. The van der Waals surface area contributed by atoms with Crippen molar-refractivity contribution in [2.45, 2.75) is 0 Å². The summed E-state index contributed by atoms with van der Waals surface area (Å²) >= 11 is 1.82. The van der Waals surface area contributed by atoms with Crippen molar-refractivity contribution in [3.8, 4) is 45.5 Å². The van der Waals surface area contributed by atoms with Gasteiger partial charge in [-0.25, -0.2) is 15.0 Å². The number of hydrogen-bond acceptors (Lipinski definition) is 4. The monoisotopic (exact) mass is 845 g/mol. The molecule has 14 aromatic rings. The average molecular weight is 846 g/mol. The molecule has 0 aliphatic carbocycles. The van der Waals surface area contributed by atoms with Crippen molar-refractivity contribution in [1.29, 1.82) is 0 Å². The maximum absolute atomic E-state index is 5.18. The largest absolute Gasteiger partial charge is 0.307 e. The fraction of sp³-hybridized carbons (Fsp3) is 0. The van der Waals surface area contributed by atoms with Gasteiger partial charge in [0.1, 0.15) is 0 Å². The van der Waals surface area contributed by atoms with E-state index in [0.29, 0.717) is 17.5 Å². The van der Waals surface area contributed by atoms with Crippen molar-refractivity contribution in [1.82, 2.24) is 24.1 Å². The molecule has 0 unspecified atom stereocenters. The number of fused-ring (bicyclic) bond motifs is 15. The SMILES string of the molecule is c1ccc(-c2nc(-c3ccccc3)nc(-c3cc4sc5ccc(-n6c7ccccc7c7c8ccccc8c8c9ccccc9n(-c9ccccc9)c8c76)cc5c4c4ccccc34)n2)cc1. The molecule has 0 saturated heterocycles. The minimum absolute atomic E-state index is 0.652. The molecule has 302 valence electrons. The first-order valence-electron chi connectivity index (χ1n) is 21.9. The van der Waals surface area contributed by atoms with Gasteiger partial charge in [-0.15, -0.1) is 11.3 Å². The highest BCUT2D eigenvalue weighted by Crippen LogP contribution is 2.48. The lowest BCUT2D eigenvalue weighted by molar-refractivity contribution is 1.08. The van der Waals surface area contributed by atoms with Gasteiger partial charge < -0.3 is 9.13 Å². The summed E-state index contributed by atoms with van der Waals surface area (Å²) in [6.07, 6.45) is 0. The minimum atomic E-state index is 0.652. The molecule has 0 amide bonds. The molecule has 0 spiro atoms. The van der Waals surface area contributed by atoms with Crippen LogP contribution in [0, 0.1) is 0 Å². The standard InChI is InChI=1S/C59H35N5S/c1-4-18-36(19-5-1)57-60-58(37-20-6-2-7-21-37)62-59(61-57)46-35-51-52(41-25-11-10-24-40(41)46)47-34-39(32-33-50(47)65-51)64-49-31-17-15-29-45(49)54-43-27-13-12-26-42(43)53-44-28-14-16-30-48(44)63(55(53)56(54)64)38-22-8-3-9-23-38/h1-35H. The second-order valence-corrected chi connectivity index (χ2v) is 17.8. The summed E-state index contributed by atoms with van der Waals surface area (Å²) in [6.45, 7) is 0. The zero-order valence-corrected chi connectivity index (χ0v) is 35.7. The van der Waals surface area contributed by atoms with Crippen LogP contribution in [-0.4, -0.2) is 24.1 Å². The summed E-state index contributed by atoms with van der Waals surface area (Å²) in [5.41, 5.74) is 9.92. The van der Waals surface area contributed by atoms with Gasteiger partial charge in [-0.3, -0.25) is 0 Å². The van der Waals surface area contributed by atoms with Crippen LogP contribution in [0.2, 0.25) is 0 Å². The summed E-state index contributed by atoms with van der Waals surface area (Å²) in [5, 5.41) is 12.3. The first-order valence-corrected chi connectivity index (χ1v) is 22.8. The maximum Gasteiger partial charge on any atom is 0.164 e. The third-order valence-corrected chi connectivity index (χ3v) is 14.2. The third kappa shape index (κ3) is 5.35. The Kier molecular flexibility index (Phi) is 7.79. The molecule has 10 aromatic carbocycles. The van der Waals surface area contributed by atoms with E-state index in [-0.39, 0.29) is 0 Å². The number of hydrogen-bond donors (Lipinski definition) is 0. The third-order valence-electron chi connectivity index (χ3n) is 13.1. The molecule has 0 fully saturated rings. The van der Waals surface area contributed by atoms with Crippen molar-refractivity contribution in [2.24, 2.45) is 0 Å². The van der Waals surface area contributed by atoms with Crippen LogP contribution in [0.5, 0.6) is 0 Å². The molecule has 0 bridgehead atoms. The average Bonchev–Trinajstić information content (AvgIpc) is 4.05. The van der Waals surface area contributed by atoms with Crippen LogP contribution < -0.4 is 0 Å². The Labute approximate surface area is 376 Å². The van der Waals surface area contributed by atoms with E-state index in [0.717, 1.165) is 33.5 Å². The zero-order chi connectivity index (χ0) is 42.6. The van der Waals surface area contributed by atoms with Crippen molar-refractivity contribution in [3.63, 3.8) is 0 Å². The molecule has 5 nitrogen and oxygen atoms in total. The lowest BCUT2D eigenvalue weighted by atomic mass is 9.98. The number of thiophene rings is 1. The van der Waals surface area contributed by atoms with Gasteiger partial charge in [-0.2, -0.15) is 0 Å². The van der Waals surface area contributed by atoms with E-state index in [9.17, 15) is 0 Å². The van der Waals surface area contributed by atoms with Gasteiger partial charge in [0, 0.05) is 69.8 Å². The molecule has 0 N–H and O–H groups in total. The first-order chi connectivity index (χ1) is 32.3. The van der Waals surface area contributed by atoms with Crippen LogP contribution in [0.15, 0.2) is 212 Å². The van der Waals surface area contributed by atoms with Crippen LogP contribution in [0.1, 0.15) is 0 Å². The van der Waals surface area contributed by atoms with Crippen LogP contribution >= 0.6 is 11.3 Å². The number of nitrogens with zero attached hydrogens (tertiary/aromatic N) is 5. The molecule has 0 atom stereocenters. The van der Waals surface area contributed by atoms with Crippen molar-refractivity contribution in [3.05, 3.63) is 212 Å². The van der Waals surface area contributed by atoms with E-state index in [1.807, 2.05) is 47.7 Å². The van der Waals surface area contributed by atoms with E-state index in [2.05, 4.69) is 185 Å². The highest BCUT2D eigenvalue weighted by Gasteiger charge is 2.25. The lowest BCUT2D eigenvalue weighted by Gasteiger charge is -2.14. The predicted molar refractivity (Wildman–Crippen MR) is 273 cm³/mol. The summed E-state index contributed by atoms with van der Waals surface area (Å²) in [7, 11) is 0. The maximum atomic E-state index is 5.18. The number of para-hydroxylation sites is 3. The Morgan fingerprint density at radius 2 is 0.754 bits per heavy atom. The Hall–Kier alpha value is -8.45. The summed E-state index contributed by atoms with van der Waals surface area (Å²) in [5.74, 6) is 1.96. The quantitative estimate of drug-likeness (QED) is 0.173. The van der Waals surface area contributed by atoms with E-state index < -0.39 is 0 Å². The van der Waals surface area contributed by atoms with Gasteiger partial charge in [0.2, 0.25) is 0 Å². The van der Waals surface area contributed by atoms with Crippen LogP contribution in [0.25, 0.3) is 131 Å². The normalized spacial score (nSPS) is 12.0. The minimum Gasteiger partial charge on any atom is -0.307 e. The summed E-state index contributed by atoms with van der Waals surface area (Å²) in [6, 6.07) is 76.1. The molecule has 0 saturated carbocycles. The molecule has 4 aromatic heterocycles. The van der Waals surface area contributed by atoms with Crippen LogP contribution in [-0.2, 0) is 0 Å². The Balaban J connectivity index is 1.07. The van der Waals surface area contributed by atoms with E-state index in [4.69, 9.17) is 15.0 Å². The Bertz CT molecular complexity index is 4170. The molecular weight excluding hydrogens is 811 g/mol. The van der Waals surface area contributed by atoms with Gasteiger partial charge in [-0.05, 0) is 70.1 Å². The van der Waals surface area contributed by atoms with Gasteiger partial charge in [0.05, 0.1) is 22.1 Å². The number of aromatic nitrogens is 5. The highest BCUT2D eigenvalue weighted by atomic mass is 32.1. The van der Waals surface area contributed by atoms with Gasteiger partial charge in [0.25, 0.3) is 0 Å². The molecule has 0 aliphatic heterocycles. The molecule has 4 heterocycles. The second kappa shape index (κ2) is 14.0. The van der Waals surface area contributed by atoms with E-state index >= 15 is 0 Å². The zero-order valence-electron chi connectivity index (χ0n) is 34.9. The molecular formula is C59H35N5S. The molecule has 0 radical (unpaired) electrons. The fourth-order valence-electron chi connectivity index (χ4n) is 10.4. The molecule has 14 rings (SSSR count). The Morgan fingerprint density at radius 3 is 1.32 bits per heavy atom. The van der Waals surface area contributed by atoms with Gasteiger partial charge in [0.15, 0.2) is 17.5 Å². The topological polar surface area (TPSA) is 48.5 Å². The summed E-state index contributed by atoms with van der Waals surface area (Å²) in [4.78, 5) is 15.4. The molecule has 6 heteroatoms. The lowest BCUT2D eigenvalue weighted by Crippen LogP contribution is -2.00.